The maximum Gasteiger partial charge on any atom is 0.511 e. The van der Waals surface area contributed by atoms with Crippen LogP contribution in [0.5, 0.6) is 28.7 Å². The molecule has 0 atom stereocenters. The highest BCUT2D eigenvalue weighted by atomic mass is 16.7. The van der Waals surface area contributed by atoms with Crippen LogP contribution in [-0.4, -0.2) is 36.2 Å². The van der Waals surface area contributed by atoms with Crippen molar-refractivity contribution < 1.29 is 34.0 Å². The van der Waals surface area contributed by atoms with Gasteiger partial charge in [0.2, 0.25) is 17.2 Å². The lowest BCUT2D eigenvalue weighted by Crippen LogP contribution is -2.12. The summed E-state index contributed by atoms with van der Waals surface area (Å²) in [5.74, 6) is 0.634. The number of benzene rings is 1. The minimum Gasteiger partial charge on any atom is -0.502 e. The van der Waals surface area contributed by atoms with Gasteiger partial charge in [-0.05, 0) is 32.1 Å². The summed E-state index contributed by atoms with van der Waals surface area (Å²) in [6.45, 7) is 10.2. The van der Waals surface area contributed by atoms with Crippen LogP contribution in [0.1, 0.15) is 200 Å². The molecule has 0 saturated carbocycles. The molecule has 1 aromatic carbocycles. The Balaban J connectivity index is 3.32. The maximum atomic E-state index is 11.9. The molecule has 0 aliphatic rings. The molecule has 1 aromatic rings. The largest absolute Gasteiger partial charge is 0.511 e. The van der Waals surface area contributed by atoms with Crippen LogP contribution in [0.3, 0.4) is 0 Å². The first kappa shape index (κ1) is 43.7. The van der Waals surface area contributed by atoms with Crippen LogP contribution in [0, 0.1) is 0 Å². The fourth-order valence-corrected chi connectivity index (χ4v) is 6.14. The minimum atomic E-state index is -1.47. The van der Waals surface area contributed by atoms with Gasteiger partial charge in [-0.3, -0.25) is 0 Å². The van der Waals surface area contributed by atoms with Crippen molar-refractivity contribution in [2.45, 2.75) is 201 Å². The summed E-state index contributed by atoms with van der Waals surface area (Å²) < 4.78 is 24.5. The van der Waals surface area contributed by atoms with Gasteiger partial charge in [-0.1, -0.05) is 169 Å². The second kappa shape index (κ2) is 30.7. The highest BCUT2D eigenvalue weighted by molar-refractivity contribution is 5.73. The number of unbranched alkanes of at least 4 members (excludes halogenated alkanes) is 22. The molecule has 1 rings (SSSR count). The van der Waals surface area contributed by atoms with Crippen molar-refractivity contribution >= 4 is 6.16 Å². The van der Waals surface area contributed by atoms with E-state index in [1.54, 1.807) is 0 Å². The molecule has 0 aromatic heterocycles. The highest BCUT2D eigenvalue weighted by Gasteiger charge is 2.30. The molecule has 280 valence electrons. The Morgan fingerprint density at radius 1 is 0.438 bits per heavy atom. The van der Waals surface area contributed by atoms with Gasteiger partial charge in [-0.25, -0.2) is 4.79 Å². The van der Waals surface area contributed by atoms with E-state index in [4.69, 9.17) is 18.9 Å². The molecule has 0 unspecified atom stereocenters. The Labute approximate surface area is 294 Å². The lowest BCUT2D eigenvalue weighted by molar-refractivity contribution is 0.141. The first-order valence-electron chi connectivity index (χ1n) is 20.2. The average molecular weight is 679 g/mol. The molecule has 0 bridgehead atoms. The third-order valence-electron chi connectivity index (χ3n) is 9.09. The van der Waals surface area contributed by atoms with Crippen LogP contribution >= 0.6 is 0 Å². The van der Waals surface area contributed by atoms with Crippen LogP contribution in [-0.2, 0) is 6.42 Å². The number of rotatable bonds is 34. The number of ether oxygens (including phenoxy) is 4. The molecule has 0 fully saturated rings. The topological polar surface area (TPSA) is 94.5 Å². The van der Waals surface area contributed by atoms with Gasteiger partial charge in [-0.15, -0.1) is 0 Å². The summed E-state index contributed by atoms with van der Waals surface area (Å²) in [5.41, 5.74) is 0.566. The van der Waals surface area contributed by atoms with Crippen LogP contribution in [0.15, 0.2) is 0 Å². The number of aromatic hydroxyl groups is 1. The van der Waals surface area contributed by atoms with E-state index in [0.717, 1.165) is 64.2 Å². The van der Waals surface area contributed by atoms with Crippen molar-refractivity contribution in [2.75, 3.05) is 19.8 Å². The first-order valence-corrected chi connectivity index (χ1v) is 20.2. The Morgan fingerprint density at radius 3 is 1.17 bits per heavy atom. The fraction of sp³-hybridized carbons (Fsp3) is 0.829. The van der Waals surface area contributed by atoms with Crippen LogP contribution in [0.4, 0.5) is 4.79 Å². The van der Waals surface area contributed by atoms with Crippen molar-refractivity contribution in [1.29, 1.82) is 0 Å². The van der Waals surface area contributed by atoms with Gasteiger partial charge >= 0.3 is 6.16 Å². The summed E-state index contributed by atoms with van der Waals surface area (Å²) in [5, 5.41) is 21.3. The molecular weight excluding hydrogens is 604 g/mol. The average Bonchev–Trinajstić information content (AvgIpc) is 3.07. The molecule has 7 nitrogen and oxygen atoms in total. The summed E-state index contributed by atoms with van der Waals surface area (Å²) in [4.78, 5) is 11.9. The Kier molecular flexibility index (Phi) is 28.0. The Hall–Kier alpha value is -2.31. The maximum absolute atomic E-state index is 11.9. The molecule has 0 spiro atoms. The molecule has 0 heterocycles. The van der Waals surface area contributed by atoms with Crippen molar-refractivity contribution in [3.8, 4) is 28.7 Å². The van der Waals surface area contributed by atoms with E-state index < -0.39 is 6.16 Å². The molecule has 7 heteroatoms. The number of hydrogen-bond donors (Lipinski definition) is 2. The predicted octanol–water partition coefficient (Wildman–Crippen LogP) is 13.4. The van der Waals surface area contributed by atoms with E-state index in [-0.39, 0.29) is 17.2 Å². The molecule has 0 amide bonds. The molecular formula is C41H74O7. The lowest BCUT2D eigenvalue weighted by Gasteiger charge is -2.23. The predicted molar refractivity (Wildman–Crippen MR) is 200 cm³/mol. The third kappa shape index (κ3) is 20.3. The summed E-state index contributed by atoms with van der Waals surface area (Å²) >= 11 is 0. The van der Waals surface area contributed by atoms with E-state index in [1.807, 2.05) is 0 Å². The highest BCUT2D eigenvalue weighted by Crippen LogP contribution is 2.54. The number of hydrogen-bond acceptors (Lipinski definition) is 6. The Bertz CT molecular complexity index is 917. The molecule has 48 heavy (non-hydrogen) atoms. The monoisotopic (exact) mass is 679 g/mol. The SMILES string of the molecule is CCCCCCCCCCc1c(OC(=O)O)c(O)c(OCCCCCCCC)c(OCCCCCCCC)c1OCCCCCCCC. The van der Waals surface area contributed by atoms with Gasteiger partial charge in [-0.2, -0.15) is 0 Å². The van der Waals surface area contributed by atoms with Gasteiger partial charge in [0.15, 0.2) is 11.5 Å². The zero-order chi connectivity index (χ0) is 35.1. The van der Waals surface area contributed by atoms with Crippen molar-refractivity contribution in [3.63, 3.8) is 0 Å². The quantitative estimate of drug-likeness (QED) is 0.0425. The summed E-state index contributed by atoms with van der Waals surface area (Å²) in [6, 6.07) is 0. The smallest absolute Gasteiger partial charge is 0.502 e. The van der Waals surface area contributed by atoms with Crippen LogP contribution in [0.2, 0.25) is 0 Å². The normalized spacial score (nSPS) is 11.2. The van der Waals surface area contributed by atoms with Crippen LogP contribution in [0.25, 0.3) is 0 Å². The van der Waals surface area contributed by atoms with Crippen molar-refractivity contribution in [2.24, 2.45) is 0 Å². The molecule has 2 N–H and O–H groups in total. The molecule has 0 aliphatic heterocycles. The van der Waals surface area contributed by atoms with E-state index >= 15 is 0 Å². The van der Waals surface area contributed by atoms with E-state index in [0.29, 0.717) is 43.3 Å². The van der Waals surface area contributed by atoms with Crippen molar-refractivity contribution in [3.05, 3.63) is 5.56 Å². The fourth-order valence-electron chi connectivity index (χ4n) is 6.14. The van der Waals surface area contributed by atoms with Gasteiger partial charge in [0.25, 0.3) is 0 Å². The zero-order valence-electron chi connectivity index (χ0n) is 31.6. The molecule has 0 radical (unpaired) electrons. The van der Waals surface area contributed by atoms with Gasteiger partial charge in [0.1, 0.15) is 0 Å². The summed E-state index contributed by atoms with van der Waals surface area (Å²) in [7, 11) is 0. The second-order valence-corrected chi connectivity index (χ2v) is 13.6. The van der Waals surface area contributed by atoms with E-state index in [2.05, 4.69) is 27.7 Å². The molecule has 0 saturated heterocycles. The first-order chi connectivity index (χ1) is 23.5. The van der Waals surface area contributed by atoms with Gasteiger partial charge < -0.3 is 29.2 Å². The number of carboxylic acid groups (broad SMARTS) is 1. The van der Waals surface area contributed by atoms with Crippen molar-refractivity contribution in [1.82, 2.24) is 0 Å². The Morgan fingerprint density at radius 2 is 0.771 bits per heavy atom. The third-order valence-corrected chi connectivity index (χ3v) is 9.09. The number of phenols is 1. The molecule has 0 aliphatic carbocycles. The standard InChI is InChI=1S/C41H74O7/c1-5-9-13-17-21-22-23-27-31-35-37(48-41(43)44)36(42)39(46-33-29-25-19-15-11-7-3)40(47-34-30-26-20-16-12-8-4)38(35)45-32-28-24-18-14-10-6-2/h42H,5-34H2,1-4H3,(H,43,44). The van der Waals surface area contributed by atoms with E-state index in [9.17, 15) is 15.0 Å². The van der Waals surface area contributed by atoms with Gasteiger partial charge in [0.05, 0.1) is 19.8 Å². The van der Waals surface area contributed by atoms with Crippen LogP contribution < -0.4 is 18.9 Å². The lowest BCUT2D eigenvalue weighted by atomic mass is 10.0. The zero-order valence-corrected chi connectivity index (χ0v) is 31.6. The summed E-state index contributed by atoms with van der Waals surface area (Å²) in [6.07, 6.45) is 28.5. The number of carbonyl (C=O) groups is 1. The minimum absolute atomic E-state index is 0.0757. The second-order valence-electron chi connectivity index (χ2n) is 13.6. The van der Waals surface area contributed by atoms with E-state index in [1.165, 1.54) is 103 Å². The number of phenolic OH excluding ortho intramolecular Hbond substituents is 1. The van der Waals surface area contributed by atoms with Gasteiger partial charge in [0, 0.05) is 5.56 Å².